The average molecular weight is 396 g/mol. The van der Waals surface area contributed by atoms with E-state index in [2.05, 4.69) is 10.3 Å². The number of thioether (sulfide) groups is 2. The van der Waals surface area contributed by atoms with Gasteiger partial charge in [0, 0.05) is 30.3 Å². The van der Waals surface area contributed by atoms with Crippen LogP contribution in [-0.2, 0) is 24.3 Å². The van der Waals surface area contributed by atoms with Crippen molar-refractivity contribution in [2.45, 2.75) is 36.5 Å². The lowest BCUT2D eigenvalue weighted by Crippen LogP contribution is -2.27. The molecule has 0 unspecified atom stereocenters. The molecular formula is C17H18ClN3O2S2. The van der Waals surface area contributed by atoms with Crippen LogP contribution in [-0.4, -0.2) is 27.0 Å². The van der Waals surface area contributed by atoms with Crippen LogP contribution in [0, 0.1) is 0 Å². The van der Waals surface area contributed by atoms with Gasteiger partial charge in [-0.1, -0.05) is 41.6 Å². The fourth-order valence-electron chi connectivity index (χ4n) is 2.53. The Kier molecular flexibility index (Phi) is 6.09. The molecule has 5 nitrogen and oxygen atoms in total. The van der Waals surface area contributed by atoms with Crippen molar-refractivity contribution in [2.75, 3.05) is 11.5 Å². The summed E-state index contributed by atoms with van der Waals surface area (Å²) < 4.78 is 1.64. The maximum absolute atomic E-state index is 12.5. The Morgan fingerprint density at radius 1 is 1.44 bits per heavy atom. The van der Waals surface area contributed by atoms with E-state index in [1.54, 1.807) is 22.4 Å². The molecule has 1 aliphatic heterocycles. The minimum Gasteiger partial charge on any atom is -0.351 e. The van der Waals surface area contributed by atoms with Crippen molar-refractivity contribution in [1.82, 2.24) is 14.9 Å². The molecule has 132 valence electrons. The number of fused-ring (bicyclic) bond motifs is 1. The first-order valence-corrected chi connectivity index (χ1v) is 10.3. The topological polar surface area (TPSA) is 64.0 Å². The summed E-state index contributed by atoms with van der Waals surface area (Å²) in [6.07, 6.45) is 0.812. The smallest absolute Gasteiger partial charge is 0.268 e. The number of carbonyl (C=O) groups is 1. The third kappa shape index (κ3) is 4.22. The quantitative estimate of drug-likeness (QED) is 0.601. The van der Waals surface area contributed by atoms with Crippen LogP contribution in [0.2, 0.25) is 5.02 Å². The summed E-state index contributed by atoms with van der Waals surface area (Å²) in [5.74, 6) is 0.994. The summed E-state index contributed by atoms with van der Waals surface area (Å²) in [6.45, 7) is 2.84. The zero-order valence-electron chi connectivity index (χ0n) is 13.8. The van der Waals surface area contributed by atoms with Crippen molar-refractivity contribution in [3.8, 4) is 0 Å². The van der Waals surface area contributed by atoms with Crippen LogP contribution in [0.3, 0.4) is 0 Å². The standard InChI is InChI=1S/C17H18ClN3O2S2/c1-2-21-16(23)15-13(7-8-24-15)20-17(21)25-10-14(22)19-9-11-5-3-4-6-12(11)18/h3-6H,2,7-10H2,1H3,(H,19,22). The number of nitrogens with zero attached hydrogens (tertiary/aromatic N) is 2. The van der Waals surface area contributed by atoms with Crippen LogP contribution < -0.4 is 10.9 Å². The molecule has 0 atom stereocenters. The van der Waals surface area contributed by atoms with E-state index < -0.39 is 0 Å². The van der Waals surface area contributed by atoms with Gasteiger partial charge in [0.05, 0.1) is 16.3 Å². The number of carbonyl (C=O) groups excluding carboxylic acids is 1. The number of halogens is 1. The normalized spacial score (nSPS) is 12.9. The van der Waals surface area contributed by atoms with Gasteiger partial charge in [-0.3, -0.25) is 14.2 Å². The second-order valence-corrected chi connectivity index (χ2v) is 7.93. The van der Waals surface area contributed by atoms with Gasteiger partial charge >= 0.3 is 0 Å². The predicted octanol–water partition coefficient (Wildman–Crippen LogP) is 2.97. The van der Waals surface area contributed by atoms with Crippen molar-refractivity contribution >= 4 is 41.0 Å². The lowest BCUT2D eigenvalue weighted by molar-refractivity contribution is -0.118. The van der Waals surface area contributed by atoms with Crippen molar-refractivity contribution < 1.29 is 4.79 Å². The summed E-state index contributed by atoms with van der Waals surface area (Å²) in [5, 5.41) is 4.10. The van der Waals surface area contributed by atoms with Gasteiger partial charge in [0.2, 0.25) is 5.91 Å². The molecule has 1 N–H and O–H groups in total. The fourth-order valence-corrected chi connectivity index (χ4v) is 4.68. The fraction of sp³-hybridized carbons (Fsp3) is 0.353. The molecule has 0 fully saturated rings. The van der Waals surface area contributed by atoms with Crippen LogP contribution in [0.25, 0.3) is 0 Å². The van der Waals surface area contributed by atoms with E-state index in [0.717, 1.165) is 28.3 Å². The van der Waals surface area contributed by atoms with Gasteiger partial charge in [0.1, 0.15) is 0 Å². The van der Waals surface area contributed by atoms with Gasteiger partial charge in [0.25, 0.3) is 5.56 Å². The van der Waals surface area contributed by atoms with Crippen LogP contribution in [0.4, 0.5) is 0 Å². The number of benzene rings is 1. The van der Waals surface area contributed by atoms with Gasteiger partial charge < -0.3 is 5.32 Å². The Morgan fingerprint density at radius 3 is 3.00 bits per heavy atom. The zero-order chi connectivity index (χ0) is 17.8. The first kappa shape index (κ1) is 18.4. The summed E-state index contributed by atoms with van der Waals surface area (Å²) in [7, 11) is 0. The largest absolute Gasteiger partial charge is 0.351 e. The number of hydrogen-bond donors (Lipinski definition) is 1. The van der Waals surface area contributed by atoms with Crippen molar-refractivity contribution in [1.29, 1.82) is 0 Å². The second kappa shape index (κ2) is 8.29. The molecular weight excluding hydrogens is 378 g/mol. The SMILES string of the molecule is CCn1c(SCC(=O)NCc2ccccc2Cl)nc2c(c1=O)SCC2. The Morgan fingerprint density at radius 2 is 2.24 bits per heavy atom. The molecule has 2 aromatic rings. The van der Waals surface area contributed by atoms with E-state index in [1.807, 2.05) is 25.1 Å². The van der Waals surface area contributed by atoms with E-state index in [1.165, 1.54) is 11.8 Å². The van der Waals surface area contributed by atoms with Gasteiger partial charge in [-0.2, -0.15) is 0 Å². The highest BCUT2D eigenvalue weighted by Gasteiger charge is 2.21. The third-order valence-electron chi connectivity index (χ3n) is 3.83. The Hall–Kier alpha value is -1.44. The average Bonchev–Trinajstić information content (AvgIpc) is 3.08. The molecule has 0 saturated carbocycles. The highest BCUT2D eigenvalue weighted by molar-refractivity contribution is 8.00. The molecule has 0 bridgehead atoms. The van der Waals surface area contributed by atoms with E-state index in [9.17, 15) is 9.59 Å². The molecule has 0 aliphatic carbocycles. The predicted molar refractivity (Wildman–Crippen MR) is 103 cm³/mol. The second-order valence-electron chi connectivity index (χ2n) is 5.47. The highest BCUT2D eigenvalue weighted by atomic mass is 35.5. The Bertz CT molecular complexity index is 854. The first-order chi connectivity index (χ1) is 12.1. The number of nitrogens with one attached hydrogen (secondary N) is 1. The van der Waals surface area contributed by atoms with Crippen LogP contribution in [0.15, 0.2) is 39.1 Å². The monoisotopic (exact) mass is 395 g/mol. The lowest BCUT2D eigenvalue weighted by Gasteiger charge is -2.12. The van der Waals surface area contributed by atoms with E-state index >= 15 is 0 Å². The van der Waals surface area contributed by atoms with Crippen molar-refractivity contribution in [2.24, 2.45) is 0 Å². The summed E-state index contributed by atoms with van der Waals surface area (Å²) in [5.41, 5.74) is 1.74. The molecule has 1 aromatic heterocycles. The molecule has 0 spiro atoms. The molecule has 1 aromatic carbocycles. The molecule has 8 heteroatoms. The molecule has 0 radical (unpaired) electrons. The molecule has 3 rings (SSSR count). The zero-order valence-corrected chi connectivity index (χ0v) is 16.1. The molecule has 1 aliphatic rings. The molecule has 2 heterocycles. The number of rotatable bonds is 6. The van der Waals surface area contributed by atoms with Gasteiger partial charge in [0.15, 0.2) is 5.16 Å². The molecule has 1 amide bonds. The highest BCUT2D eigenvalue weighted by Crippen LogP contribution is 2.28. The summed E-state index contributed by atoms with van der Waals surface area (Å²) in [4.78, 5) is 30.0. The van der Waals surface area contributed by atoms with Gasteiger partial charge in [-0.05, 0) is 18.6 Å². The van der Waals surface area contributed by atoms with Crippen LogP contribution in [0.5, 0.6) is 0 Å². The Labute approximate surface area is 159 Å². The van der Waals surface area contributed by atoms with Crippen molar-refractivity contribution in [3.63, 3.8) is 0 Å². The summed E-state index contributed by atoms with van der Waals surface area (Å²) >= 11 is 8.95. The minimum atomic E-state index is -0.114. The molecule has 25 heavy (non-hydrogen) atoms. The summed E-state index contributed by atoms with van der Waals surface area (Å²) in [6, 6.07) is 7.41. The molecule has 0 saturated heterocycles. The third-order valence-corrected chi connectivity index (χ3v) is 6.28. The van der Waals surface area contributed by atoms with E-state index in [-0.39, 0.29) is 17.2 Å². The van der Waals surface area contributed by atoms with Crippen LogP contribution >= 0.6 is 35.1 Å². The maximum Gasteiger partial charge on any atom is 0.268 e. The number of aryl methyl sites for hydroxylation is 1. The van der Waals surface area contributed by atoms with E-state index in [4.69, 9.17) is 11.6 Å². The van der Waals surface area contributed by atoms with Gasteiger partial charge in [-0.25, -0.2) is 4.98 Å². The number of amides is 1. The lowest BCUT2D eigenvalue weighted by atomic mass is 10.2. The van der Waals surface area contributed by atoms with Crippen molar-refractivity contribution in [3.05, 3.63) is 50.9 Å². The first-order valence-electron chi connectivity index (χ1n) is 7.99. The van der Waals surface area contributed by atoms with E-state index in [0.29, 0.717) is 23.3 Å². The van der Waals surface area contributed by atoms with Crippen LogP contribution in [0.1, 0.15) is 18.2 Å². The van der Waals surface area contributed by atoms with Gasteiger partial charge in [-0.15, -0.1) is 11.8 Å². The number of hydrogen-bond acceptors (Lipinski definition) is 5. The number of aromatic nitrogens is 2. The Balaban J connectivity index is 1.64. The minimum absolute atomic E-state index is 0.00831. The maximum atomic E-state index is 12.5.